The molecule has 7 heteroatoms. The molecule has 2 atom stereocenters. The van der Waals surface area contributed by atoms with Crippen LogP contribution in [-0.2, 0) is 14.9 Å². The van der Waals surface area contributed by atoms with Gasteiger partial charge in [0.05, 0.1) is 12.0 Å². The summed E-state index contributed by atoms with van der Waals surface area (Å²) in [5.41, 5.74) is -0.277. The van der Waals surface area contributed by atoms with Crippen molar-refractivity contribution in [1.29, 1.82) is 0 Å². The van der Waals surface area contributed by atoms with Crippen molar-refractivity contribution in [3.63, 3.8) is 0 Å². The number of rotatable bonds is 7. The van der Waals surface area contributed by atoms with Gasteiger partial charge in [0.15, 0.2) is 0 Å². The Balaban J connectivity index is 1.67. The molecule has 1 aromatic heterocycles. The lowest BCUT2D eigenvalue weighted by molar-refractivity contribution is -0.140. The number of aromatic nitrogens is 2. The summed E-state index contributed by atoms with van der Waals surface area (Å²) < 4.78 is 7.14. The van der Waals surface area contributed by atoms with Gasteiger partial charge in [-0.1, -0.05) is 32.0 Å². The lowest BCUT2D eigenvalue weighted by atomic mass is 9.84. The van der Waals surface area contributed by atoms with Crippen molar-refractivity contribution in [3.8, 4) is 5.69 Å². The maximum Gasteiger partial charge on any atom is 0.407 e. The summed E-state index contributed by atoms with van der Waals surface area (Å²) in [6.45, 7) is 9.91. The van der Waals surface area contributed by atoms with E-state index in [-0.39, 0.29) is 11.3 Å². The van der Waals surface area contributed by atoms with Crippen molar-refractivity contribution in [3.05, 3.63) is 48.5 Å². The molecule has 1 aromatic carbocycles. The van der Waals surface area contributed by atoms with E-state index in [1.165, 1.54) is 0 Å². The molecule has 2 aromatic rings. The minimum atomic E-state index is -0.969. The van der Waals surface area contributed by atoms with E-state index in [0.29, 0.717) is 25.1 Å². The fourth-order valence-electron chi connectivity index (χ4n) is 3.92. The van der Waals surface area contributed by atoms with Gasteiger partial charge in [0.25, 0.3) is 0 Å². The standard InChI is InChI=1S/C23H31N3O4/c1-21(2,3)30-20(29)24-14-22(4,5)11-16-12-23(16,19(27)28)18-13-26(15-25-18)17-9-7-6-8-10-17/h6-10,13,15-16H,11-12,14H2,1-5H3,(H,24,29)(H,27,28)/t16-,23+/m0/s1. The summed E-state index contributed by atoms with van der Waals surface area (Å²) in [6.07, 6.45) is 4.23. The first-order valence-electron chi connectivity index (χ1n) is 10.2. The monoisotopic (exact) mass is 413 g/mol. The highest BCUT2D eigenvalue weighted by molar-refractivity contribution is 5.85. The minimum Gasteiger partial charge on any atom is -0.481 e. The molecule has 0 radical (unpaired) electrons. The van der Waals surface area contributed by atoms with E-state index < -0.39 is 23.1 Å². The zero-order valence-electron chi connectivity index (χ0n) is 18.3. The van der Waals surface area contributed by atoms with Gasteiger partial charge in [0, 0.05) is 18.4 Å². The van der Waals surface area contributed by atoms with E-state index in [9.17, 15) is 14.7 Å². The van der Waals surface area contributed by atoms with Gasteiger partial charge in [-0.25, -0.2) is 9.78 Å². The number of hydrogen-bond acceptors (Lipinski definition) is 4. The molecular formula is C23H31N3O4. The van der Waals surface area contributed by atoms with Crippen molar-refractivity contribution < 1.29 is 19.4 Å². The second-order valence-electron chi connectivity index (χ2n) is 9.90. The number of benzene rings is 1. The van der Waals surface area contributed by atoms with Crippen molar-refractivity contribution >= 4 is 12.1 Å². The number of aliphatic carboxylic acids is 1. The number of nitrogens with zero attached hydrogens (tertiary/aromatic N) is 2. The average Bonchev–Trinajstić information content (AvgIpc) is 3.13. The van der Waals surface area contributed by atoms with Crippen molar-refractivity contribution in [2.24, 2.45) is 11.3 Å². The van der Waals surface area contributed by atoms with Crippen LogP contribution >= 0.6 is 0 Å². The second kappa shape index (κ2) is 7.78. The third-order valence-electron chi connectivity index (χ3n) is 5.49. The first-order valence-corrected chi connectivity index (χ1v) is 10.2. The Morgan fingerprint density at radius 3 is 2.50 bits per heavy atom. The molecule has 3 rings (SSSR count). The zero-order chi connectivity index (χ0) is 22.2. The van der Waals surface area contributed by atoms with Crippen LogP contribution in [0.15, 0.2) is 42.9 Å². The molecule has 0 bridgehead atoms. The van der Waals surface area contributed by atoms with Gasteiger partial charge in [0.2, 0.25) is 0 Å². The molecule has 162 valence electrons. The van der Waals surface area contributed by atoms with Crippen LogP contribution in [0, 0.1) is 11.3 Å². The number of nitrogens with one attached hydrogen (secondary N) is 1. The molecule has 1 heterocycles. The van der Waals surface area contributed by atoms with Crippen LogP contribution in [0.3, 0.4) is 0 Å². The SMILES string of the molecule is CC(C)(CNC(=O)OC(C)(C)C)C[C@H]1C[C@]1(C(=O)O)c1cn(-c2ccccc2)cn1. The summed E-state index contributed by atoms with van der Waals surface area (Å²) in [7, 11) is 0. The van der Waals surface area contributed by atoms with Gasteiger partial charge in [-0.3, -0.25) is 4.79 Å². The zero-order valence-corrected chi connectivity index (χ0v) is 18.3. The van der Waals surface area contributed by atoms with E-state index in [1.54, 1.807) is 6.33 Å². The van der Waals surface area contributed by atoms with Crippen molar-refractivity contribution in [1.82, 2.24) is 14.9 Å². The minimum absolute atomic E-state index is 0.0374. The van der Waals surface area contributed by atoms with Crippen LogP contribution in [-0.4, -0.2) is 38.9 Å². The third kappa shape index (κ3) is 4.83. The summed E-state index contributed by atoms with van der Waals surface area (Å²) >= 11 is 0. The maximum absolute atomic E-state index is 12.2. The molecule has 30 heavy (non-hydrogen) atoms. The van der Waals surface area contributed by atoms with Crippen LogP contribution in [0.5, 0.6) is 0 Å². The number of alkyl carbamates (subject to hydrolysis) is 1. The highest BCUT2D eigenvalue weighted by Crippen LogP contribution is 2.58. The topological polar surface area (TPSA) is 93.5 Å². The number of hydrogen-bond donors (Lipinski definition) is 2. The highest BCUT2D eigenvalue weighted by Gasteiger charge is 2.63. The summed E-state index contributed by atoms with van der Waals surface area (Å²) in [5.74, 6) is -0.883. The molecule has 1 saturated carbocycles. The Bertz CT molecular complexity index is 914. The van der Waals surface area contributed by atoms with Crippen LogP contribution in [0.2, 0.25) is 0 Å². The van der Waals surface area contributed by atoms with Crippen LogP contribution < -0.4 is 5.32 Å². The Kier molecular flexibility index (Phi) is 5.67. The van der Waals surface area contributed by atoms with Gasteiger partial charge in [-0.05, 0) is 57.1 Å². The number of carboxylic acids is 1. The van der Waals surface area contributed by atoms with E-state index in [2.05, 4.69) is 10.3 Å². The van der Waals surface area contributed by atoms with Gasteiger partial charge < -0.3 is 19.7 Å². The summed E-state index contributed by atoms with van der Waals surface area (Å²) in [4.78, 5) is 28.6. The first kappa shape index (κ1) is 21.9. The van der Waals surface area contributed by atoms with E-state index >= 15 is 0 Å². The molecule has 0 aliphatic heterocycles. The molecule has 7 nitrogen and oxygen atoms in total. The predicted molar refractivity (Wildman–Crippen MR) is 114 cm³/mol. The number of carbonyl (C=O) groups excluding carboxylic acids is 1. The van der Waals surface area contributed by atoms with Gasteiger partial charge in [-0.2, -0.15) is 0 Å². The largest absolute Gasteiger partial charge is 0.481 e. The van der Waals surface area contributed by atoms with Gasteiger partial charge in [-0.15, -0.1) is 0 Å². The van der Waals surface area contributed by atoms with Crippen molar-refractivity contribution in [2.45, 2.75) is 58.5 Å². The first-order chi connectivity index (χ1) is 13.9. The molecule has 1 aliphatic rings. The fourth-order valence-corrected chi connectivity index (χ4v) is 3.92. The Morgan fingerprint density at radius 1 is 1.23 bits per heavy atom. The van der Waals surface area contributed by atoms with E-state index in [4.69, 9.17) is 4.74 Å². The number of carbonyl (C=O) groups is 2. The summed E-state index contributed by atoms with van der Waals surface area (Å²) in [6, 6.07) is 9.71. The van der Waals surface area contributed by atoms with Crippen molar-refractivity contribution in [2.75, 3.05) is 6.54 Å². The lowest BCUT2D eigenvalue weighted by Gasteiger charge is -2.27. The van der Waals surface area contributed by atoms with Gasteiger partial charge in [0.1, 0.15) is 11.0 Å². The fraction of sp³-hybridized carbons (Fsp3) is 0.522. The number of carboxylic acid groups (broad SMARTS) is 1. The number of amides is 1. The third-order valence-corrected chi connectivity index (χ3v) is 5.49. The maximum atomic E-state index is 12.2. The van der Waals surface area contributed by atoms with Crippen LogP contribution in [0.4, 0.5) is 4.79 Å². The smallest absolute Gasteiger partial charge is 0.407 e. The molecule has 0 saturated heterocycles. The lowest BCUT2D eigenvalue weighted by Crippen LogP contribution is -2.38. The quantitative estimate of drug-likeness (QED) is 0.711. The Morgan fingerprint density at radius 2 is 1.90 bits per heavy atom. The molecule has 1 amide bonds. The predicted octanol–water partition coefficient (Wildman–Crippen LogP) is 4.16. The number of imidazole rings is 1. The van der Waals surface area contributed by atoms with Crippen LogP contribution in [0.1, 0.15) is 53.2 Å². The molecule has 2 N–H and O–H groups in total. The number of ether oxygens (including phenoxy) is 1. The molecule has 0 unspecified atom stereocenters. The molecule has 1 fully saturated rings. The van der Waals surface area contributed by atoms with Crippen LogP contribution in [0.25, 0.3) is 5.69 Å². The summed E-state index contributed by atoms with van der Waals surface area (Å²) in [5, 5.41) is 12.8. The molecular weight excluding hydrogens is 382 g/mol. The van der Waals surface area contributed by atoms with E-state index in [0.717, 1.165) is 5.69 Å². The van der Waals surface area contributed by atoms with Gasteiger partial charge >= 0.3 is 12.1 Å². The highest BCUT2D eigenvalue weighted by atomic mass is 16.6. The average molecular weight is 414 g/mol. The second-order valence-corrected chi connectivity index (χ2v) is 9.90. The van der Waals surface area contributed by atoms with E-state index in [1.807, 2.05) is 75.7 Å². The Hall–Kier alpha value is -2.83. The Labute approximate surface area is 177 Å². The number of para-hydroxylation sites is 1. The normalized spacial score (nSPS) is 21.2. The molecule has 0 spiro atoms. The molecule has 1 aliphatic carbocycles.